The van der Waals surface area contributed by atoms with Gasteiger partial charge in [-0.25, -0.2) is 0 Å². The summed E-state index contributed by atoms with van der Waals surface area (Å²) in [7, 11) is 0. The zero-order valence-electron chi connectivity index (χ0n) is 12.4. The molecule has 3 aromatic rings. The third kappa shape index (κ3) is 2.70. The van der Waals surface area contributed by atoms with Crippen LogP contribution in [0.2, 0.25) is 0 Å². The summed E-state index contributed by atoms with van der Waals surface area (Å²) in [6.07, 6.45) is 0. The van der Waals surface area contributed by atoms with E-state index in [1.807, 2.05) is 30.3 Å². The van der Waals surface area contributed by atoms with E-state index in [1.54, 1.807) is 6.07 Å². The first-order chi connectivity index (χ1) is 10.1. The van der Waals surface area contributed by atoms with Crippen LogP contribution in [0.5, 0.6) is 5.75 Å². The molecule has 0 unspecified atom stereocenters. The van der Waals surface area contributed by atoms with Gasteiger partial charge < -0.3 is 10.4 Å². The van der Waals surface area contributed by atoms with Crippen molar-refractivity contribution in [1.82, 2.24) is 0 Å². The minimum Gasteiger partial charge on any atom is -0.507 e. The third-order valence-corrected chi connectivity index (χ3v) is 3.95. The van der Waals surface area contributed by atoms with E-state index in [0.29, 0.717) is 5.75 Å². The van der Waals surface area contributed by atoms with Crippen LogP contribution in [-0.4, -0.2) is 5.11 Å². The van der Waals surface area contributed by atoms with Crippen LogP contribution >= 0.6 is 0 Å². The van der Waals surface area contributed by atoms with E-state index in [9.17, 15) is 5.11 Å². The lowest BCUT2D eigenvalue weighted by Gasteiger charge is -2.11. The Bertz CT molecular complexity index is 793. The Morgan fingerprint density at radius 3 is 2.43 bits per heavy atom. The maximum absolute atomic E-state index is 9.92. The van der Waals surface area contributed by atoms with E-state index in [2.05, 4.69) is 37.4 Å². The van der Waals surface area contributed by atoms with Crippen molar-refractivity contribution in [3.05, 3.63) is 71.3 Å². The molecule has 0 atom stereocenters. The van der Waals surface area contributed by atoms with Crippen LogP contribution in [-0.2, 0) is 6.54 Å². The monoisotopic (exact) mass is 277 g/mol. The number of anilines is 1. The van der Waals surface area contributed by atoms with Gasteiger partial charge in [-0.3, -0.25) is 0 Å². The van der Waals surface area contributed by atoms with Crippen molar-refractivity contribution in [3.8, 4) is 5.75 Å². The summed E-state index contributed by atoms with van der Waals surface area (Å²) in [6.45, 7) is 5.03. The molecule has 0 bridgehead atoms. The van der Waals surface area contributed by atoms with Crippen molar-refractivity contribution in [3.63, 3.8) is 0 Å². The van der Waals surface area contributed by atoms with E-state index in [0.717, 1.165) is 23.0 Å². The van der Waals surface area contributed by atoms with Gasteiger partial charge >= 0.3 is 0 Å². The highest BCUT2D eigenvalue weighted by Gasteiger charge is 2.04. The maximum atomic E-state index is 9.92. The highest BCUT2D eigenvalue weighted by atomic mass is 16.3. The van der Waals surface area contributed by atoms with Gasteiger partial charge in [0.15, 0.2) is 0 Å². The van der Waals surface area contributed by atoms with Crippen molar-refractivity contribution in [2.24, 2.45) is 0 Å². The second-order valence-electron chi connectivity index (χ2n) is 5.45. The topological polar surface area (TPSA) is 32.3 Å². The van der Waals surface area contributed by atoms with Gasteiger partial charge in [0.25, 0.3) is 0 Å². The summed E-state index contributed by atoms with van der Waals surface area (Å²) in [5.74, 6) is 0.322. The molecule has 3 rings (SSSR count). The van der Waals surface area contributed by atoms with Gasteiger partial charge in [0.2, 0.25) is 0 Å². The number of hydrogen-bond acceptors (Lipinski definition) is 2. The molecule has 0 aliphatic rings. The predicted octanol–water partition coefficient (Wildman–Crippen LogP) is 4.77. The molecule has 0 spiro atoms. The van der Waals surface area contributed by atoms with E-state index in [4.69, 9.17) is 0 Å². The molecule has 0 aromatic heterocycles. The largest absolute Gasteiger partial charge is 0.507 e. The van der Waals surface area contributed by atoms with Crippen LogP contribution in [0, 0.1) is 13.8 Å². The fourth-order valence-corrected chi connectivity index (χ4v) is 2.56. The number of nitrogens with one attached hydrogen (secondary N) is 1. The fourth-order valence-electron chi connectivity index (χ4n) is 2.56. The number of hydrogen-bond donors (Lipinski definition) is 2. The van der Waals surface area contributed by atoms with Gasteiger partial charge in [0, 0.05) is 23.0 Å². The molecule has 0 amide bonds. The first kappa shape index (κ1) is 13.5. The van der Waals surface area contributed by atoms with Gasteiger partial charge in [-0.15, -0.1) is 0 Å². The van der Waals surface area contributed by atoms with Crippen molar-refractivity contribution >= 4 is 16.5 Å². The lowest BCUT2D eigenvalue weighted by molar-refractivity contribution is 0.481. The second kappa shape index (κ2) is 5.49. The summed E-state index contributed by atoms with van der Waals surface area (Å²) in [5, 5.41) is 15.3. The number of rotatable bonds is 3. The fraction of sp³-hybridized carbons (Fsp3) is 0.158. The molecule has 2 N–H and O–H groups in total. The Hall–Kier alpha value is -2.48. The molecular weight excluding hydrogens is 258 g/mol. The quantitative estimate of drug-likeness (QED) is 0.722. The molecule has 0 aliphatic heterocycles. The third-order valence-electron chi connectivity index (χ3n) is 3.95. The molecule has 2 heteroatoms. The number of benzene rings is 3. The summed E-state index contributed by atoms with van der Waals surface area (Å²) in [6, 6.07) is 18.1. The van der Waals surface area contributed by atoms with E-state index in [1.165, 1.54) is 16.7 Å². The molecule has 0 saturated carbocycles. The second-order valence-corrected chi connectivity index (χ2v) is 5.45. The lowest BCUT2D eigenvalue weighted by atomic mass is 10.1. The minimum absolute atomic E-state index is 0.322. The number of phenolic OH excluding ortho intramolecular Hbond substituents is 1. The first-order valence-corrected chi connectivity index (χ1v) is 7.16. The Labute approximate surface area is 125 Å². The summed E-state index contributed by atoms with van der Waals surface area (Å²) >= 11 is 0. The highest BCUT2D eigenvalue weighted by molar-refractivity contribution is 5.97. The van der Waals surface area contributed by atoms with Crippen molar-refractivity contribution in [2.75, 3.05) is 5.32 Å². The normalized spacial score (nSPS) is 10.8. The first-order valence-electron chi connectivity index (χ1n) is 7.16. The molecule has 0 fully saturated rings. The highest BCUT2D eigenvalue weighted by Crippen LogP contribution is 2.30. The zero-order valence-corrected chi connectivity index (χ0v) is 12.4. The van der Waals surface area contributed by atoms with Crippen molar-refractivity contribution in [1.29, 1.82) is 0 Å². The standard InChI is InChI=1S/C19H19NO/c1-13-9-10-15(11-14(13)2)12-20-18-7-3-6-17-16(18)5-4-8-19(17)21/h3-11,20-21H,12H2,1-2H3. The van der Waals surface area contributed by atoms with E-state index >= 15 is 0 Å². The van der Waals surface area contributed by atoms with Gasteiger partial charge in [-0.1, -0.05) is 42.5 Å². The van der Waals surface area contributed by atoms with Crippen LogP contribution in [0.15, 0.2) is 54.6 Å². The molecule has 3 aromatic carbocycles. The van der Waals surface area contributed by atoms with Gasteiger partial charge in [-0.05, 0) is 42.7 Å². The minimum atomic E-state index is 0.322. The Morgan fingerprint density at radius 2 is 1.62 bits per heavy atom. The molecule has 21 heavy (non-hydrogen) atoms. The molecule has 0 radical (unpaired) electrons. The molecule has 0 saturated heterocycles. The van der Waals surface area contributed by atoms with Gasteiger partial charge in [0.05, 0.1) is 0 Å². The average molecular weight is 277 g/mol. The van der Waals surface area contributed by atoms with Crippen LogP contribution in [0.3, 0.4) is 0 Å². The van der Waals surface area contributed by atoms with Crippen LogP contribution in [0.25, 0.3) is 10.8 Å². The molecular formula is C19H19NO. The smallest absolute Gasteiger partial charge is 0.123 e. The number of aromatic hydroxyl groups is 1. The molecule has 106 valence electrons. The lowest BCUT2D eigenvalue weighted by Crippen LogP contribution is -2.00. The maximum Gasteiger partial charge on any atom is 0.123 e. The summed E-state index contributed by atoms with van der Waals surface area (Å²) < 4.78 is 0. The van der Waals surface area contributed by atoms with E-state index in [-0.39, 0.29) is 0 Å². The van der Waals surface area contributed by atoms with Crippen molar-refractivity contribution in [2.45, 2.75) is 20.4 Å². The van der Waals surface area contributed by atoms with Crippen LogP contribution in [0.4, 0.5) is 5.69 Å². The zero-order chi connectivity index (χ0) is 14.8. The summed E-state index contributed by atoms with van der Waals surface area (Å²) in [4.78, 5) is 0. The van der Waals surface area contributed by atoms with Gasteiger partial charge in [0.1, 0.15) is 5.75 Å². The number of phenols is 1. The van der Waals surface area contributed by atoms with Crippen molar-refractivity contribution < 1.29 is 5.11 Å². The average Bonchev–Trinajstić information content (AvgIpc) is 2.49. The Morgan fingerprint density at radius 1 is 0.857 bits per heavy atom. The molecule has 0 heterocycles. The van der Waals surface area contributed by atoms with E-state index < -0.39 is 0 Å². The Kier molecular flexibility index (Phi) is 3.53. The summed E-state index contributed by atoms with van der Waals surface area (Å²) in [5.41, 5.74) is 4.93. The Balaban J connectivity index is 1.88. The molecule has 2 nitrogen and oxygen atoms in total. The van der Waals surface area contributed by atoms with Crippen LogP contribution < -0.4 is 5.32 Å². The van der Waals surface area contributed by atoms with Crippen LogP contribution in [0.1, 0.15) is 16.7 Å². The number of aryl methyl sites for hydroxylation is 2. The molecule has 0 aliphatic carbocycles. The SMILES string of the molecule is Cc1ccc(CNc2cccc3c(O)cccc23)cc1C. The predicted molar refractivity (Wildman–Crippen MR) is 88.9 cm³/mol. The van der Waals surface area contributed by atoms with Gasteiger partial charge in [-0.2, -0.15) is 0 Å². The number of fused-ring (bicyclic) bond motifs is 1.